The number of aromatic nitrogens is 2. The number of hydrogen-bond donors (Lipinski definition) is 2. The van der Waals surface area contributed by atoms with Crippen LogP contribution in [-0.2, 0) is 11.0 Å². The van der Waals surface area contributed by atoms with Crippen LogP contribution in [0.25, 0.3) is 0 Å². The molecule has 0 bridgehead atoms. The van der Waals surface area contributed by atoms with Gasteiger partial charge in [-0.1, -0.05) is 19.1 Å². The summed E-state index contributed by atoms with van der Waals surface area (Å²) in [7, 11) is 0. The maximum absolute atomic E-state index is 13.6. The van der Waals surface area contributed by atoms with E-state index in [0.29, 0.717) is 56.3 Å². The lowest BCUT2D eigenvalue weighted by molar-refractivity contribution is -0.137. The fourth-order valence-electron chi connectivity index (χ4n) is 5.32. The Labute approximate surface area is 208 Å². The fraction of sp³-hybridized carbons (Fsp3) is 0.577. The van der Waals surface area contributed by atoms with E-state index < -0.39 is 23.8 Å². The van der Waals surface area contributed by atoms with Crippen LogP contribution in [0.5, 0.6) is 0 Å². The highest BCUT2D eigenvalue weighted by Gasteiger charge is 2.36. The molecule has 1 amide bonds. The van der Waals surface area contributed by atoms with E-state index in [-0.39, 0.29) is 11.8 Å². The number of fused-ring (bicyclic) bond motifs is 1. The van der Waals surface area contributed by atoms with Gasteiger partial charge in [0.25, 0.3) is 0 Å². The number of piperazine rings is 1. The third-order valence-corrected chi connectivity index (χ3v) is 7.59. The molecule has 1 saturated carbocycles. The van der Waals surface area contributed by atoms with Crippen molar-refractivity contribution in [2.75, 3.05) is 44.2 Å². The van der Waals surface area contributed by atoms with Crippen molar-refractivity contribution in [2.24, 2.45) is 5.92 Å². The smallest absolute Gasteiger partial charge is 0.387 e. The molecule has 10 heteroatoms. The standard InChI is InChI=1S/C26H32F3N5O2/c1-16-12-21(35)23-22(16)24(32-15-31-23)33-8-10-34(11-9-33)25(36)20(14-30-13-17-2-3-17)18-4-6-19(7-5-18)26(27,28)29/h4-7,15-17,20-21,30,35H,2-3,8-14H2,1H3. The van der Waals surface area contributed by atoms with Gasteiger partial charge < -0.3 is 20.2 Å². The van der Waals surface area contributed by atoms with E-state index in [2.05, 4.69) is 27.1 Å². The maximum Gasteiger partial charge on any atom is 0.416 e. The molecule has 36 heavy (non-hydrogen) atoms. The monoisotopic (exact) mass is 503 g/mol. The second-order valence-corrected chi connectivity index (χ2v) is 10.2. The first-order chi connectivity index (χ1) is 17.2. The summed E-state index contributed by atoms with van der Waals surface area (Å²) in [6.45, 7) is 5.45. The molecule has 2 fully saturated rings. The van der Waals surface area contributed by atoms with Crippen LogP contribution in [0, 0.1) is 5.92 Å². The topological polar surface area (TPSA) is 81.6 Å². The van der Waals surface area contributed by atoms with Crippen LogP contribution in [0.2, 0.25) is 0 Å². The third-order valence-electron chi connectivity index (χ3n) is 7.59. The van der Waals surface area contributed by atoms with Crippen LogP contribution < -0.4 is 10.2 Å². The number of anilines is 1. The number of rotatable bonds is 7. The van der Waals surface area contributed by atoms with Crippen LogP contribution in [0.3, 0.4) is 0 Å². The van der Waals surface area contributed by atoms with E-state index in [0.717, 1.165) is 30.1 Å². The molecular weight excluding hydrogens is 471 g/mol. The molecule has 3 aliphatic rings. The van der Waals surface area contributed by atoms with E-state index in [1.807, 2.05) is 0 Å². The molecular formula is C26H32F3N5O2. The zero-order valence-corrected chi connectivity index (χ0v) is 20.3. The Kier molecular flexibility index (Phi) is 6.91. The van der Waals surface area contributed by atoms with Crippen LogP contribution >= 0.6 is 0 Å². The van der Waals surface area contributed by atoms with E-state index >= 15 is 0 Å². The zero-order chi connectivity index (χ0) is 25.4. The Bertz CT molecular complexity index is 1080. The number of carbonyl (C=O) groups is 1. The van der Waals surface area contributed by atoms with Crippen LogP contribution in [0.4, 0.5) is 19.0 Å². The van der Waals surface area contributed by atoms with Crippen molar-refractivity contribution in [3.63, 3.8) is 0 Å². The largest absolute Gasteiger partial charge is 0.416 e. The van der Waals surface area contributed by atoms with Crippen LogP contribution in [0.15, 0.2) is 30.6 Å². The Morgan fingerprint density at radius 3 is 2.47 bits per heavy atom. The number of hydrogen-bond acceptors (Lipinski definition) is 6. The summed E-state index contributed by atoms with van der Waals surface area (Å²) in [6.07, 6.45) is -0.520. The Morgan fingerprint density at radius 1 is 1.14 bits per heavy atom. The van der Waals surface area contributed by atoms with Gasteiger partial charge in [-0.2, -0.15) is 13.2 Å². The molecule has 5 rings (SSSR count). The average Bonchev–Trinajstić information content (AvgIpc) is 3.65. The van der Waals surface area contributed by atoms with Crippen molar-refractivity contribution in [2.45, 2.75) is 50.3 Å². The van der Waals surface area contributed by atoms with Gasteiger partial charge in [-0.3, -0.25) is 4.79 Å². The van der Waals surface area contributed by atoms with E-state index in [4.69, 9.17) is 0 Å². The van der Waals surface area contributed by atoms with Gasteiger partial charge in [-0.05, 0) is 55.3 Å². The predicted molar refractivity (Wildman–Crippen MR) is 129 cm³/mol. The third kappa shape index (κ3) is 5.20. The number of aliphatic hydroxyl groups is 1. The molecule has 1 aliphatic heterocycles. The molecule has 3 atom stereocenters. The Balaban J connectivity index is 1.28. The molecule has 2 aliphatic carbocycles. The van der Waals surface area contributed by atoms with Crippen molar-refractivity contribution in [3.05, 3.63) is 53.0 Å². The average molecular weight is 504 g/mol. The number of carbonyl (C=O) groups excluding carboxylic acids is 1. The van der Waals surface area contributed by atoms with Gasteiger partial charge in [0.1, 0.15) is 12.1 Å². The SMILES string of the molecule is CC1CC(O)c2ncnc(N3CCN(C(=O)C(CNCC4CC4)c4ccc(C(F)(F)F)cc4)CC3)c21. The first-order valence-electron chi connectivity index (χ1n) is 12.7. The van der Waals surface area contributed by atoms with Crippen molar-refractivity contribution >= 4 is 11.7 Å². The van der Waals surface area contributed by atoms with Gasteiger partial charge >= 0.3 is 6.18 Å². The molecule has 0 radical (unpaired) electrons. The highest BCUT2D eigenvalue weighted by atomic mass is 19.4. The number of halogens is 3. The minimum atomic E-state index is -4.41. The highest BCUT2D eigenvalue weighted by Crippen LogP contribution is 2.43. The minimum Gasteiger partial charge on any atom is -0.387 e. The second-order valence-electron chi connectivity index (χ2n) is 10.2. The van der Waals surface area contributed by atoms with Crippen LogP contribution in [0.1, 0.15) is 66.5 Å². The molecule has 2 aromatic rings. The molecule has 194 valence electrons. The molecule has 2 N–H and O–H groups in total. The lowest BCUT2D eigenvalue weighted by Gasteiger charge is -2.38. The summed E-state index contributed by atoms with van der Waals surface area (Å²) in [5.41, 5.74) is 1.55. The Hall–Kier alpha value is -2.72. The zero-order valence-electron chi connectivity index (χ0n) is 20.3. The normalized spacial score (nSPS) is 23.0. The predicted octanol–water partition coefficient (Wildman–Crippen LogP) is 3.47. The lowest BCUT2D eigenvalue weighted by atomic mass is 9.95. The number of amides is 1. The molecule has 7 nitrogen and oxygen atoms in total. The van der Waals surface area contributed by atoms with Gasteiger partial charge in [0.2, 0.25) is 5.91 Å². The minimum absolute atomic E-state index is 0.0746. The van der Waals surface area contributed by atoms with Gasteiger partial charge in [-0.25, -0.2) is 9.97 Å². The molecule has 1 saturated heterocycles. The molecule has 0 spiro atoms. The van der Waals surface area contributed by atoms with E-state index in [1.165, 1.54) is 31.3 Å². The van der Waals surface area contributed by atoms with Gasteiger partial charge in [0, 0.05) is 38.3 Å². The number of benzene rings is 1. The quantitative estimate of drug-likeness (QED) is 0.602. The highest BCUT2D eigenvalue weighted by molar-refractivity contribution is 5.84. The summed E-state index contributed by atoms with van der Waals surface area (Å²) >= 11 is 0. The molecule has 1 aromatic carbocycles. The number of nitrogens with zero attached hydrogens (tertiary/aromatic N) is 4. The first kappa shape index (κ1) is 25.0. The van der Waals surface area contributed by atoms with Gasteiger partial charge in [0.05, 0.1) is 23.3 Å². The van der Waals surface area contributed by atoms with Crippen LogP contribution in [-0.4, -0.2) is 65.2 Å². The maximum atomic E-state index is 13.6. The van der Waals surface area contributed by atoms with Crippen molar-refractivity contribution in [3.8, 4) is 0 Å². The number of aliphatic hydroxyl groups excluding tert-OH is 1. The van der Waals surface area contributed by atoms with E-state index in [1.54, 1.807) is 4.90 Å². The van der Waals surface area contributed by atoms with Crippen molar-refractivity contribution in [1.82, 2.24) is 20.2 Å². The second kappa shape index (κ2) is 9.97. The first-order valence-corrected chi connectivity index (χ1v) is 12.7. The van der Waals surface area contributed by atoms with E-state index in [9.17, 15) is 23.1 Å². The van der Waals surface area contributed by atoms with Gasteiger partial charge in [-0.15, -0.1) is 0 Å². The van der Waals surface area contributed by atoms with Crippen molar-refractivity contribution in [1.29, 1.82) is 0 Å². The van der Waals surface area contributed by atoms with Crippen molar-refractivity contribution < 1.29 is 23.1 Å². The lowest BCUT2D eigenvalue weighted by Crippen LogP contribution is -2.51. The molecule has 1 aromatic heterocycles. The number of nitrogens with one attached hydrogen (secondary N) is 1. The summed E-state index contributed by atoms with van der Waals surface area (Å²) in [6, 6.07) is 4.97. The number of alkyl halides is 3. The molecule has 2 heterocycles. The Morgan fingerprint density at radius 2 is 1.83 bits per heavy atom. The van der Waals surface area contributed by atoms with Gasteiger partial charge in [0.15, 0.2) is 0 Å². The summed E-state index contributed by atoms with van der Waals surface area (Å²) in [4.78, 5) is 26.3. The molecule has 3 unspecified atom stereocenters. The summed E-state index contributed by atoms with van der Waals surface area (Å²) < 4.78 is 39.2. The fourth-order valence-corrected chi connectivity index (χ4v) is 5.32. The summed E-state index contributed by atoms with van der Waals surface area (Å²) in [5, 5.41) is 13.7. The summed E-state index contributed by atoms with van der Waals surface area (Å²) in [5.74, 6) is 0.992.